The fourth-order valence-electron chi connectivity index (χ4n) is 1.86. The molecule has 0 unspecified atom stereocenters. The van der Waals surface area contributed by atoms with Crippen molar-refractivity contribution in [1.82, 2.24) is 4.98 Å². The van der Waals surface area contributed by atoms with Gasteiger partial charge in [0.2, 0.25) is 5.89 Å². The fourth-order valence-corrected chi connectivity index (χ4v) is 2.36. The number of fused-ring (bicyclic) bond motifs is 1. The lowest BCUT2D eigenvalue weighted by atomic mass is 10.1. The standard InChI is InChI=1S/C14H9BrFNO/c1-8-3-2-4-9(5-8)14-17-12-7-10(16)6-11(15)13(12)18-14/h2-7H,1H3. The van der Waals surface area contributed by atoms with Crippen molar-refractivity contribution in [2.24, 2.45) is 0 Å². The lowest BCUT2D eigenvalue weighted by Gasteiger charge is -1.96. The van der Waals surface area contributed by atoms with Crippen molar-refractivity contribution in [3.63, 3.8) is 0 Å². The van der Waals surface area contributed by atoms with Gasteiger partial charge in [-0.05, 0) is 41.1 Å². The Hall–Kier alpha value is -1.68. The molecule has 0 saturated heterocycles. The van der Waals surface area contributed by atoms with Crippen molar-refractivity contribution >= 4 is 27.0 Å². The van der Waals surface area contributed by atoms with Crippen LogP contribution >= 0.6 is 15.9 Å². The third-order valence-corrected chi connectivity index (χ3v) is 3.26. The van der Waals surface area contributed by atoms with Crippen molar-refractivity contribution in [3.05, 3.63) is 52.3 Å². The first-order chi connectivity index (χ1) is 8.63. The van der Waals surface area contributed by atoms with Crippen molar-refractivity contribution < 1.29 is 8.81 Å². The van der Waals surface area contributed by atoms with E-state index in [1.807, 2.05) is 31.2 Å². The molecule has 3 aromatic rings. The molecule has 3 rings (SSSR count). The summed E-state index contributed by atoms with van der Waals surface area (Å²) in [5.74, 6) is 0.165. The number of rotatable bonds is 1. The van der Waals surface area contributed by atoms with Gasteiger partial charge in [0.15, 0.2) is 5.58 Å². The van der Waals surface area contributed by atoms with Gasteiger partial charge < -0.3 is 4.42 Å². The zero-order chi connectivity index (χ0) is 12.7. The third kappa shape index (κ3) is 1.93. The maximum absolute atomic E-state index is 13.3. The van der Waals surface area contributed by atoms with E-state index >= 15 is 0 Å². The molecule has 0 saturated carbocycles. The summed E-state index contributed by atoms with van der Waals surface area (Å²) in [4.78, 5) is 4.31. The maximum Gasteiger partial charge on any atom is 0.227 e. The van der Waals surface area contributed by atoms with Gasteiger partial charge >= 0.3 is 0 Å². The van der Waals surface area contributed by atoms with Gasteiger partial charge in [-0.2, -0.15) is 0 Å². The number of halogens is 2. The van der Waals surface area contributed by atoms with Crippen molar-refractivity contribution in [3.8, 4) is 11.5 Å². The SMILES string of the molecule is Cc1cccc(-c2nc3cc(F)cc(Br)c3o2)c1. The second-order valence-electron chi connectivity index (χ2n) is 4.12. The predicted octanol–water partition coefficient (Wildman–Crippen LogP) is 4.70. The van der Waals surface area contributed by atoms with E-state index in [9.17, 15) is 4.39 Å². The number of aryl methyl sites for hydroxylation is 1. The first-order valence-corrected chi connectivity index (χ1v) is 6.25. The quantitative estimate of drug-likeness (QED) is 0.651. The Morgan fingerprint density at radius 1 is 1.22 bits per heavy atom. The molecule has 0 aliphatic rings. The van der Waals surface area contributed by atoms with Crippen molar-refractivity contribution in [1.29, 1.82) is 0 Å². The van der Waals surface area contributed by atoms with Crippen LogP contribution in [0.3, 0.4) is 0 Å². The van der Waals surface area contributed by atoms with E-state index in [-0.39, 0.29) is 5.82 Å². The fraction of sp³-hybridized carbons (Fsp3) is 0.0714. The molecule has 2 nitrogen and oxygen atoms in total. The normalized spacial score (nSPS) is 11.1. The average molecular weight is 306 g/mol. The smallest absolute Gasteiger partial charge is 0.227 e. The number of hydrogen-bond acceptors (Lipinski definition) is 2. The molecule has 4 heteroatoms. The Morgan fingerprint density at radius 3 is 2.83 bits per heavy atom. The summed E-state index contributed by atoms with van der Waals surface area (Å²) in [7, 11) is 0. The van der Waals surface area contributed by atoms with E-state index in [0.29, 0.717) is 21.5 Å². The van der Waals surface area contributed by atoms with E-state index in [4.69, 9.17) is 4.42 Å². The summed E-state index contributed by atoms with van der Waals surface area (Å²) in [6.45, 7) is 2.00. The second-order valence-corrected chi connectivity index (χ2v) is 4.98. The summed E-state index contributed by atoms with van der Waals surface area (Å²) in [5.41, 5.74) is 3.09. The van der Waals surface area contributed by atoms with E-state index in [1.165, 1.54) is 12.1 Å². The Bertz CT molecular complexity index is 736. The molecule has 0 fully saturated rings. The van der Waals surface area contributed by atoms with Gasteiger partial charge in [0.05, 0.1) is 4.47 Å². The lowest BCUT2D eigenvalue weighted by molar-refractivity contribution is 0.611. The van der Waals surface area contributed by atoms with Crippen LogP contribution in [-0.2, 0) is 0 Å². The van der Waals surface area contributed by atoms with Gasteiger partial charge in [-0.15, -0.1) is 0 Å². The number of hydrogen-bond donors (Lipinski definition) is 0. The van der Waals surface area contributed by atoms with Crippen LogP contribution in [0.1, 0.15) is 5.56 Å². The molecule has 0 bridgehead atoms. The van der Waals surface area contributed by atoms with Crippen LogP contribution in [0.4, 0.5) is 4.39 Å². The molecule has 0 aliphatic carbocycles. The highest BCUT2D eigenvalue weighted by molar-refractivity contribution is 9.10. The van der Waals surface area contributed by atoms with Crippen LogP contribution < -0.4 is 0 Å². The van der Waals surface area contributed by atoms with E-state index < -0.39 is 0 Å². The Morgan fingerprint density at radius 2 is 2.06 bits per heavy atom. The Labute approximate surface area is 112 Å². The highest BCUT2D eigenvalue weighted by Crippen LogP contribution is 2.30. The van der Waals surface area contributed by atoms with Crippen LogP contribution in [0.15, 0.2) is 45.3 Å². The average Bonchev–Trinajstić information content (AvgIpc) is 2.73. The molecule has 0 radical (unpaired) electrons. The first-order valence-electron chi connectivity index (χ1n) is 5.46. The first kappa shape index (κ1) is 11.4. The van der Waals surface area contributed by atoms with Crippen LogP contribution in [0, 0.1) is 12.7 Å². The van der Waals surface area contributed by atoms with Crippen molar-refractivity contribution in [2.75, 3.05) is 0 Å². The summed E-state index contributed by atoms with van der Waals surface area (Å²) in [6.07, 6.45) is 0. The minimum Gasteiger partial charge on any atom is -0.435 e. The minimum absolute atomic E-state index is 0.335. The molecular weight excluding hydrogens is 297 g/mol. The highest BCUT2D eigenvalue weighted by Gasteiger charge is 2.12. The van der Waals surface area contributed by atoms with Gasteiger partial charge in [-0.25, -0.2) is 9.37 Å². The molecule has 0 atom stereocenters. The molecule has 1 aromatic heterocycles. The van der Waals surface area contributed by atoms with Gasteiger partial charge in [0.25, 0.3) is 0 Å². The van der Waals surface area contributed by atoms with Crippen LogP contribution in [-0.4, -0.2) is 4.98 Å². The van der Waals surface area contributed by atoms with E-state index in [1.54, 1.807) is 0 Å². The molecule has 0 spiro atoms. The molecule has 18 heavy (non-hydrogen) atoms. The van der Waals surface area contributed by atoms with Gasteiger partial charge in [-0.3, -0.25) is 0 Å². The lowest BCUT2D eigenvalue weighted by Crippen LogP contribution is -1.78. The van der Waals surface area contributed by atoms with Crippen LogP contribution in [0.5, 0.6) is 0 Å². The van der Waals surface area contributed by atoms with Crippen molar-refractivity contribution in [2.45, 2.75) is 6.92 Å². The molecule has 0 aliphatic heterocycles. The second kappa shape index (κ2) is 4.21. The topological polar surface area (TPSA) is 26.0 Å². The van der Waals surface area contributed by atoms with E-state index in [0.717, 1.165) is 11.1 Å². The highest BCUT2D eigenvalue weighted by atomic mass is 79.9. The maximum atomic E-state index is 13.3. The van der Waals surface area contributed by atoms with E-state index in [2.05, 4.69) is 20.9 Å². The number of oxazole rings is 1. The summed E-state index contributed by atoms with van der Waals surface area (Å²) in [6, 6.07) is 10.6. The zero-order valence-corrected chi connectivity index (χ0v) is 11.2. The molecular formula is C14H9BrFNO. The van der Waals surface area contributed by atoms with Gasteiger partial charge in [0, 0.05) is 11.6 Å². The van der Waals surface area contributed by atoms with Gasteiger partial charge in [0.1, 0.15) is 11.3 Å². The number of aromatic nitrogens is 1. The third-order valence-electron chi connectivity index (χ3n) is 2.67. The summed E-state index contributed by atoms with van der Waals surface area (Å²) < 4.78 is 19.5. The minimum atomic E-state index is -0.335. The predicted molar refractivity (Wildman–Crippen MR) is 71.8 cm³/mol. The molecule has 0 N–H and O–H groups in total. The molecule has 2 aromatic carbocycles. The molecule has 90 valence electrons. The molecule has 0 amide bonds. The van der Waals surface area contributed by atoms with Gasteiger partial charge in [-0.1, -0.05) is 17.7 Å². The van der Waals surface area contributed by atoms with Crippen LogP contribution in [0.2, 0.25) is 0 Å². The summed E-state index contributed by atoms with van der Waals surface area (Å²) >= 11 is 3.27. The number of benzene rings is 2. The number of nitrogens with zero attached hydrogens (tertiary/aromatic N) is 1. The largest absolute Gasteiger partial charge is 0.435 e. The monoisotopic (exact) mass is 305 g/mol. The molecule has 1 heterocycles. The zero-order valence-electron chi connectivity index (χ0n) is 9.58. The summed E-state index contributed by atoms with van der Waals surface area (Å²) in [5, 5.41) is 0. The Kier molecular flexibility index (Phi) is 2.67. The van der Waals surface area contributed by atoms with Crippen LogP contribution in [0.25, 0.3) is 22.6 Å². The Balaban J connectivity index is 2.22.